The van der Waals surface area contributed by atoms with Gasteiger partial charge in [-0.25, -0.2) is 0 Å². The van der Waals surface area contributed by atoms with E-state index < -0.39 is 23.6 Å². The molecule has 1 aromatic carbocycles. The van der Waals surface area contributed by atoms with Gasteiger partial charge in [-0.15, -0.1) is 0 Å². The Hall–Kier alpha value is -1.56. The van der Waals surface area contributed by atoms with Crippen LogP contribution in [0.15, 0.2) is 24.3 Å². The zero-order valence-corrected chi connectivity index (χ0v) is 12.5. The number of ether oxygens (including phenoxy) is 1. The summed E-state index contributed by atoms with van der Waals surface area (Å²) >= 11 is 0. The Balaban J connectivity index is 2.16. The van der Waals surface area contributed by atoms with Crippen molar-refractivity contribution in [3.8, 4) is 0 Å². The van der Waals surface area contributed by atoms with Gasteiger partial charge in [0, 0.05) is 6.54 Å². The SMILES string of the molecule is COC(=O)C(CN1CCCCC1)c1ccc(C(F)(F)F)cc1. The van der Waals surface area contributed by atoms with Crippen molar-refractivity contribution < 1.29 is 22.7 Å². The largest absolute Gasteiger partial charge is 0.469 e. The highest BCUT2D eigenvalue weighted by atomic mass is 19.4. The van der Waals surface area contributed by atoms with Crippen LogP contribution >= 0.6 is 0 Å². The summed E-state index contributed by atoms with van der Waals surface area (Å²) in [6.45, 7) is 2.31. The highest BCUT2D eigenvalue weighted by molar-refractivity contribution is 5.78. The van der Waals surface area contributed by atoms with E-state index in [9.17, 15) is 18.0 Å². The molecule has 1 aliphatic heterocycles. The lowest BCUT2D eigenvalue weighted by Gasteiger charge is -2.29. The van der Waals surface area contributed by atoms with E-state index >= 15 is 0 Å². The fourth-order valence-electron chi connectivity index (χ4n) is 2.76. The standard InChI is InChI=1S/C16H20F3NO2/c1-22-15(21)14(11-20-9-3-2-4-10-20)12-5-7-13(8-6-12)16(17,18)19/h5-8,14H,2-4,9-11H2,1H3. The van der Waals surface area contributed by atoms with E-state index in [2.05, 4.69) is 4.90 Å². The molecule has 1 atom stereocenters. The predicted molar refractivity (Wildman–Crippen MR) is 76.5 cm³/mol. The van der Waals surface area contributed by atoms with Crippen LogP contribution in [0.25, 0.3) is 0 Å². The molecule has 0 spiro atoms. The van der Waals surface area contributed by atoms with E-state index in [1.165, 1.54) is 25.7 Å². The number of hydrogen-bond acceptors (Lipinski definition) is 3. The molecule has 0 aromatic heterocycles. The summed E-state index contributed by atoms with van der Waals surface area (Å²) in [6.07, 6.45) is -1.02. The highest BCUT2D eigenvalue weighted by Gasteiger charge is 2.31. The molecule has 0 aliphatic carbocycles. The zero-order valence-electron chi connectivity index (χ0n) is 12.5. The van der Waals surface area contributed by atoms with Gasteiger partial charge in [0.25, 0.3) is 0 Å². The van der Waals surface area contributed by atoms with Gasteiger partial charge in [0.2, 0.25) is 0 Å². The van der Waals surface area contributed by atoms with Crippen LogP contribution in [0.2, 0.25) is 0 Å². The molecule has 22 heavy (non-hydrogen) atoms. The van der Waals surface area contributed by atoms with Crippen LogP contribution in [0.1, 0.15) is 36.3 Å². The molecule has 1 fully saturated rings. The number of hydrogen-bond donors (Lipinski definition) is 0. The minimum atomic E-state index is -4.37. The Morgan fingerprint density at radius 3 is 2.27 bits per heavy atom. The van der Waals surface area contributed by atoms with E-state index in [1.54, 1.807) is 0 Å². The minimum absolute atomic E-state index is 0.412. The lowest BCUT2D eigenvalue weighted by Crippen LogP contribution is -2.36. The molecule has 1 heterocycles. The third kappa shape index (κ3) is 4.22. The van der Waals surface area contributed by atoms with Crippen LogP contribution in [-0.2, 0) is 15.7 Å². The Morgan fingerprint density at radius 1 is 1.18 bits per heavy atom. The Bertz CT molecular complexity index is 493. The van der Waals surface area contributed by atoms with Crippen molar-refractivity contribution in [1.29, 1.82) is 0 Å². The molecular weight excluding hydrogens is 295 g/mol. The quantitative estimate of drug-likeness (QED) is 0.797. The molecule has 0 bridgehead atoms. The second-order valence-corrected chi connectivity index (χ2v) is 5.56. The Kier molecular flexibility index (Phi) is 5.45. The summed E-state index contributed by atoms with van der Waals surface area (Å²) in [5, 5.41) is 0. The first-order valence-electron chi connectivity index (χ1n) is 7.39. The molecule has 1 unspecified atom stereocenters. The first kappa shape index (κ1) is 16.8. The van der Waals surface area contributed by atoms with Gasteiger partial charge in [-0.05, 0) is 43.6 Å². The number of nitrogens with zero attached hydrogens (tertiary/aromatic N) is 1. The van der Waals surface area contributed by atoms with E-state index in [0.29, 0.717) is 12.1 Å². The second kappa shape index (κ2) is 7.13. The minimum Gasteiger partial charge on any atom is -0.469 e. The second-order valence-electron chi connectivity index (χ2n) is 5.56. The Morgan fingerprint density at radius 2 is 1.77 bits per heavy atom. The summed E-state index contributed by atoms with van der Waals surface area (Å²) in [5.74, 6) is -0.962. The summed E-state index contributed by atoms with van der Waals surface area (Å²) in [5.41, 5.74) is -0.150. The molecule has 0 amide bonds. The van der Waals surface area contributed by atoms with Crippen molar-refractivity contribution in [1.82, 2.24) is 4.90 Å². The molecule has 0 N–H and O–H groups in total. The number of piperidine rings is 1. The third-order valence-electron chi connectivity index (χ3n) is 4.02. The van der Waals surface area contributed by atoms with Crippen LogP contribution in [0, 0.1) is 0 Å². The van der Waals surface area contributed by atoms with E-state index in [4.69, 9.17) is 4.74 Å². The van der Waals surface area contributed by atoms with Gasteiger partial charge < -0.3 is 9.64 Å². The number of alkyl halides is 3. The molecule has 1 aliphatic rings. The Labute approximate surface area is 128 Å². The smallest absolute Gasteiger partial charge is 0.416 e. The van der Waals surface area contributed by atoms with E-state index in [0.717, 1.165) is 38.1 Å². The molecular formula is C16H20F3NO2. The maximum Gasteiger partial charge on any atom is 0.416 e. The van der Waals surface area contributed by atoms with Crippen molar-refractivity contribution in [3.63, 3.8) is 0 Å². The van der Waals surface area contributed by atoms with Crippen LogP contribution in [0.5, 0.6) is 0 Å². The van der Waals surface area contributed by atoms with Gasteiger partial charge in [0.15, 0.2) is 0 Å². The molecule has 1 aromatic rings. The van der Waals surface area contributed by atoms with Gasteiger partial charge in [0.05, 0.1) is 18.6 Å². The number of esters is 1. The number of halogens is 3. The molecule has 1 saturated heterocycles. The number of likely N-dealkylation sites (tertiary alicyclic amines) is 1. The summed E-state index contributed by atoms with van der Waals surface area (Å²) in [6, 6.07) is 4.77. The van der Waals surface area contributed by atoms with Gasteiger partial charge in [-0.3, -0.25) is 4.79 Å². The predicted octanol–water partition coefficient (Wildman–Crippen LogP) is 3.45. The fourth-order valence-corrected chi connectivity index (χ4v) is 2.76. The van der Waals surface area contributed by atoms with E-state index in [1.807, 2.05) is 0 Å². The molecule has 0 radical (unpaired) electrons. The average molecular weight is 315 g/mol. The van der Waals surface area contributed by atoms with Crippen molar-refractivity contribution >= 4 is 5.97 Å². The van der Waals surface area contributed by atoms with Crippen LogP contribution < -0.4 is 0 Å². The first-order valence-corrected chi connectivity index (χ1v) is 7.39. The average Bonchev–Trinajstić information content (AvgIpc) is 2.52. The third-order valence-corrected chi connectivity index (χ3v) is 4.02. The monoisotopic (exact) mass is 315 g/mol. The van der Waals surface area contributed by atoms with Crippen LogP contribution in [0.4, 0.5) is 13.2 Å². The van der Waals surface area contributed by atoms with Gasteiger partial charge >= 0.3 is 12.1 Å². The van der Waals surface area contributed by atoms with Crippen molar-refractivity contribution in [2.24, 2.45) is 0 Å². The van der Waals surface area contributed by atoms with Gasteiger partial charge in [-0.1, -0.05) is 18.6 Å². The van der Waals surface area contributed by atoms with Crippen molar-refractivity contribution in [2.75, 3.05) is 26.7 Å². The number of carbonyl (C=O) groups excluding carboxylic acids is 1. The highest BCUT2D eigenvalue weighted by Crippen LogP contribution is 2.30. The van der Waals surface area contributed by atoms with E-state index in [-0.39, 0.29) is 0 Å². The number of carbonyl (C=O) groups is 1. The van der Waals surface area contributed by atoms with Crippen LogP contribution in [0.3, 0.4) is 0 Å². The molecule has 122 valence electrons. The maximum absolute atomic E-state index is 12.6. The number of benzene rings is 1. The van der Waals surface area contributed by atoms with Crippen molar-refractivity contribution in [3.05, 3.63) is 35.4 Å². The summed E-state index contributed by atoms with van der Waals surface area (Å²) in [7, 11) is 1.30. The molecule has 3 nitrogen and oxygen atoms in total. The van der Waals surface area contributed by atoms with Gasteiger partial charge in [0.1, 0.15) is 0 Å². The van der Waals surface area contributed by atoms with Crippen molar-refractivity contribution in [2.45, 2.75) is 31.4 Å². The molecule has 6 heteroatoms. The van der Waals surface area contributed by atoms with Crippen LogP contribution in [-0.4, -0.2) is 37.6 Å². The zero-order chi connectivity index (χ0) is 16.2. The number of rotatable bonds is 4. The summed E-state index contributed by atoms with van der Waals surface area (Å²) < 4.78 is 42.7. The molecule has 0 saturated carbocycles. The lowest BCUT2D eigenvalue weighted by atomic mass is 9.96. The summed E-state index contributed by atoms with van der Waals surface area (Å²) in [4.78, 5) is 14.2. The fraction of sp³-hybridized carbons (Fsp3) is 0.562. The van der Waals surface area contributed by atoms with Gasteiger partial charge in [-0.2, -0.15) is 13.2 Å². The maximum atomic E-state index is 12.6. The topological polar surface area (TPSA) is 29.5 Å². The first-order chi connectivity index (χ1) is 10.4. The normalized spacial score (nSPS) is 18.0. The number of methoxy groups -OCH3 is 1. The lowest BCUT2D eigenvalue weighted by molar-refractivity contribution is -0.143. The molecule has 2 rings (SSSR count).